The Morgan fingerprint density at radius 1 is 1.00 bits per heavy atom. The van der Waals surface area contributed by atoms with Crippen LogP contribution in [0.1, 0.15) is 52.4 Å². The zero-order valence-electron chi connectivity index (χ0n) is 16.8. The van der Waals surface area contributed by atoms with E-state index in [0.717, 1.165) is 50.7 Å². The van der Waals surface area contributed by atoms with E-state index < -0.39 is 10.0 Å². The number of hydrogen-bond donors (Lipinski definition) is 1. The van der Waals surface area contributed by atoms with Gasteiger partial charge in [-0.05, 0) is 51.0 Å². The number of anilines is 2. The quantitative estimate of drug-likeness (QED) is 0.687. The van der Waals surface area contributed by atoms with Crippen LogP contribution in [-0.4, -0.2) is 46.3 Å². The minimum atomic E-state index is -3.55. The van der Waals surface area contributed by atoms with Crippen LogP contribution in [0.25, 0.3) is 0 Å². The van der Waals surface area contributed by atoms with E-state index in [-0.39, 0.29) is 18.5 Å². The Morgan fingerprint density at radius 3 is 2.00 bits per heavy atom. The molecule has 1 saturated carbocycles. The lowest BCUT2D eigenvalue weighted by molar-refractivity contribution is -0.120. The molecular weight excluding hydrogens is 362 g/mol. The molecule has 0 atom stereocenters. The second-order valence-corrected chi connectivity index (χ2v) is 9.12. The molecule has 1 aliphatic carbocycles. The maximum absolute atomic E-state index is 12.5. The number of sulfonamides is 1. The van der Waals surface area contributed by atoms with Crippen LogP contribution in [0, 0.1) is 0 Å². The van der Waals surface area contributed by atoms with Gasteiger partial charge in [0.05, 0.1) is 11.9 Å². The molecule has 6 nitrogen and oxygen atoms in total. The van der Waals surface area contributed by atoms with Crippen LogP contribution in [0.3, 0.4) is 0 Å². The van der Waals surface area contributed by atoms with E-state index in [4.69, 9.17) is 0 Å². The molecule has 2 rings (SSSR count). The van der Waals surface area contributed by atoms with Crippen LogP contribution in [0.5, 0.6) is 0 Å². The minimum Gasteiger partial charge on any atom is -0.372 e. The Morgan fingerprint density at radius 2 is 1.52 bits per heavy atom. The van der Waals surface area contributed by atoms with Gasteiger partial charge in [0, 0.05) is 24.8 Å². The number of carbonyl (C=O) groups excluding carboxylic acids is 1. The SMILES string of the molecule is CCN(CC)c1ccc(N(CC(=O)NC2CCCCCC2)S(C)(=O)=O)cc1. The number of nitrogens with zero attached hydrogens (tertiary/aromatic N) is 2. The van der Waals surface area contributed by atoms with E-state index in [2.05, 4.69) is 24.1 Å². The zero-order chi connectivity index (χ0) is 19.9. The van der Waals surface area contributed by atoms with Crippen molar-refractivity contribution >= 4 is 27.3 Å². The molecule has 0 bridgehead atoms. The molecule has 0 saturated heterocycles. The van der Waals surface area contributed by atoms with Crippen molar-refractivity contribution in [2.45, 2.75) is 58.4 Å². The minimum absolute atomic E-state index is 0.159. The van der Waals surface area contributed by atoms with Crippen molar-refractivity contribution in [2.24, 2.45) is 0 Å². The Hall–Kier alpha value is -1.76. The summed E-state index contributed by atoms with van der Waals surface area (Å²) in [7, 11) is -3.55. The highest BCUT2D eigenvalue weighted by Crippen LogP contribution is 2.23. The summed E-state index contributed by atoms with van der Waals surface area (Å²) in [4.78, 5) is 14.7. The Labute approximate surface area is 164 Å². The lowest BCUT2D eigenvalue weighted by Gasteiger charge is -2.25. The first-order valence-corrected chi connectivity index (χ1v) is 11.8. The summed E-state index contributed by atoms with van der Waals surface area (Å²) in [6.45, 7) is 5.75. The Kier molecular flexibility index (Phi) is 7.95. The summed E-state index contributed by atoms with van der Waals surface area (Å²) in [5, 5.41) is 3.03. The summed E-state index contributed by atoms with van der Waals surface area (Å²) in [5.41, 5.74) is 1.56. The van der Waals surface area contributed by atoms with Crippen molar-refractivity contribution < 1.29 is 13.2 Å². The highest BCUT2D eigenvalue weighted by Gasteiger charge is 2.23. The lowest BCUT2D eigenvalue weighted by Crippen LogP contribution is -2.44. The molecule has 1 aromatic carbocycles. The Balaban J connectivity index is 2.10. The standard InChI is InChI=1S/C20H33N3O3S/c1-4-22(5-2)18-12-14-19(15-13-18)23(27(3,25)26)16-20(24)21-17-10-8-6-7-9-11-17/h12-15,17H,4-11,16H2,1-3H3,(H,21,24). The van der Waals surface area contributed by atoms with Crippen LogP contribution in [0.15, 0.2) is 24.3 Å². The van der Waals surface area contributed by atoms with Crippen molar-refractivity contribution in [3.63, 3.8) is 0 Å². The lowest BCUT2D eigenvalue weighted by atomic mass is 10.1. The van der Waals surface area contributed by atoms with E-state index in [9.17, 15) is 13.2 Å². The maximum atomic E-state index is 12.5. The van der Waals surface area contributed by atoms with Crippen molar-refractivity contribution in [3.8, 4) is 0 Å². The highest BCUT2D eigenvalue weighted by atomic mass is 32.2. The topological polar surface area (TPSA) is 69.7 Å². The van der Waals surface area contributed by atoms with E-state index in [0.29, 0.717) is 5.69 Å². The molecule has 0 unspecified atom stereocenters. The van der Waals surface area contributed by atoms with Crippen LogP contribution in [0.2, 0.25) is 0 Å². The molecule has 0 heterocycles. The average Bonchev–Trinajstić information content (AvgIpc) is 2.89. The van der Waals surface area contributed by atoms with E-state index in [1.807, 2.05) is 12.1 Å². The number of amides is 1. The molecule has 1 aliphatic rings. The first kappa shape index (κ1) is 21.5. The van der Waals surface area contributed by atoms with Gasteiger partial charge in [0.15, 0.2) is 0 Å². The third-order valence-corrected chi connectivity index (χ3v) is 6.31. The smallest absolute Gasteiger partial charge is 0.240 e. The van der Waals surface area contributed by atoms with Crippen LogP contribution in [-0.2, 0) is 14.8 Å². The number of nitrogens with one attached hydrogen (secondary N) is 1. The molecule has 27 heavy (non-hydrogen) atoms. The largest absolute Gasteiger partial charge is 0.372 e. The molecule has 1 amide bonds. The molecule has 152 valence electrons. The summed E-state index contributed by atoms with van der Waals surface area (Å²) in [5.74, 6) is -0.236. The molecule has 0 radical (unpaired) electrons. The normalized spacial score (nSPS) is 15.8. The third kappa shape index (κ3) is 6.41. The monoisotopic (exact) mass is 395 g/mol. The predicted octanol–water partition coefficient (Wildman–Crippen LogP) is 3.14. The van der Waals surface area contributed by atoms with Gasteiger partial charge in [-0.2, -0.15) is 0 Å². The fourth-order valence-electron chi connectivity index (χ4n) is 3.65. The fourth-order valence-corrected chi connectivity index (χ4v) is 4.50. The number of rotatable bonds is 8. The Bertz CT molecular complexity index is 692. The maximum Gasteiger partial charge on any atom is 0.240 e. The molecule has 0 spiro atoms. The van der Waals surface area contributed by atoms with Gasteiger partial charge in [0.1, 0.15) is 6.54 Å². The average molecular weight is 396 g/mol. The van der Waals surface area contributed by atoms with Crippen molar-refractivity contribution in [3.05, 3.63) is 24.3 Å². The van der Waals surface area contributed by atoms with Gasteiger partial charge < -0.3 is 10.2 Å². The van der Waals surface area contributed by atoms with Crippen LogP contribution < -0.4 is 14.5 Å². The van der Waals surface area contributed by atoms with E-state index in [1.54, 1.807) is 12.1 Å². The molecule has 0 aliphatic heterocycles. The second-order valence-electron chi connectivity index (χ2n) is 7.21. The van der Waals surface area contributed by atoms with Crippen molar-refractivity contribution in [1.82, 2.24) is 5.32 Å². The molecule has 1 fully saturated rings. The van der Waals surface area contributed by atoms with Crippen LogP contribution in [0.4, 0.5) is 11.4 Å². The number of benzene rings is 1. The summed E-state index contributed by atoms with van der Waals surface area (Å²) < 4.78 is 25.7. The fraction of sp³-hybridized carbons (Fsp3) is 0.650. The number of carbonyl (C=O) groups is 1. The van der Waals surface area contributed by atoms with Gasteiger partial charge in [-0.15, -0.1) is 0 Å². The van der Waals surface area contributed by atoms with Gasteiger partial charge in [-0.25, -0.2) is 8.42 Å². The summed E-state index contributed by atoms with van der Waals surface area (Å²) in [6.07, 6.45) is 7.75. The van der Waals surface area contributed by atoms with Gasteiger partial charge in [0.25, 0.3) is 0 Å². The zero-order valence-corrected chi connectivity index (χ0v) is 17.6. The predicted molar refractivity (Wildman–Crippen MR) is 112 cm³/mol. The van der Waals surface area contributed by atoms with Gasteiger partial charge in [-0.3, -0.25) is 9.10 Å². The van der Waals surface area contributed by atoms with Crippen molar-refractivity contribution in [1.29, 1.82) is 0 Å². The molecule has 7 heteroatoms. The first-order chi connectivity index (χ1) is 12.8. The summed E-state index contributed by atoms with van der Waals surface area (Å²) >= 11 is 0. The van der Waals surface area contributed by atoms with Crippen LogP contribution >= 0.6 is 0 Å². The molecule has 1 aromatic rings. The van der Waals surface area contributed by atoms with Crippen molar-refractivity contribution in [2.75, 3.05) is 35.1 Å². The molecule has 1 N–H and O–H groups in total. The third-order valence-electron chi connectivity index (χ3n) is 5.17. The molecular formula is C20H33N3O3S. The van der Waals surface area contributed by atoms with E-state index >= 15 is 0 Å². The first-order valence-electron chi connectivity index (χ1n) is 9.97. The highest BCUT2D eigenvalue weighted by molar-refractivity contribution is 7.92. The van der Waals surface area contributed by atoms with Gasteiger partial charge in [0.2, 0.25) is 15.9 Å². The number of hydrogen-bond acceptors (Lipinski definition) is 4. The van der Waals surface area contributed by atoms with E-state index in [1.165, 1.54) is 17.1 Å². The van der Waals surface area contributed by atoms with Gasteiger partial charge >= 0.3 is 0 Å². The van der Waals surface area contributed by atoms with Gasteiger partial charge in [-0.1, -0.05) is 25.7 Å². The second kappa shape index (κ2) is 9.97. The summed E-state index contributed by atoms with van der Waals surface area (Å²) in [6, 6.07) is 7.51. The molecule has 0 aromatic heterocycles.